The van der Waals surface area contributed by atoms with Crippen molar-refractivity contribution < 1.29 is 4.79 Å². The summed E-state index contributed by atoms with van der Waals surface area (Å²) >= 11 is 0. The molecule has 3 aromatic heterocycles. The summed E-state index contributed by atoms with van der Waals surface area (Å²) in [6, 6.07) is 3.84. The Labute approximate surface area is 145 Å². The van der Waals surface area contributed by atoms with Crippen molar-refractivity contribution in [3.63, 3.8) is 0 Å². The Kier molecular flexibility index (Phi) is 3.87. The van der Waals surface area contributed by atoms with Crippen LogP contribution in [-0.2, 0) is 7.05 Å². The highest BCUT2D eigenvalue weighted by Crippen LogP contribution is 2.23. The molecule has 4 heterocycles. The molecule has 130 valence electrons. The lowest BCUT2D eigenvalue weighted by Crippen LogP contribution is -2.36. The number of rotatable bonds is 2. The first-order chi connectivity index (χ1) is 12.1. The number of aromatic nitrogens is 5. The standard InChI is InChI=1S/C17H21N7O/c1-12-10-14(22(2)21-12)17(25)24-7-3-6-23(8-9-24)16-13-4-5-18-15(13)19-11-20-16/h4-5,10-11H,3,6-9H2,1-2H3,(H,18,19,20). The van der Waals surface area contributed by atoms with E-state index in [-0.39, 0.29) is 5.91 Å². The number of hydrogen-bond acceptors (Lipinski definition) is 5. The molecule has 4 rings (SSSR count). The van der Waals surface area contributed by atoms with Gasteiger partial charge >= 0.3 is 0 Å². The van der Waals surface area contributed by atoms with Gasteiger partial charge in [0.25, 0.3) is 5.91 Å². The van der Waals surface area contributed by atoms with E-state index < -0.39 is 0 Å². The smallest absolute Gasteiger partial charge is 0.272 e. The van der Waals surface area contributed by atoms with Crippen molar-refractivity contribution in [1.82, 2.24) is 29.6 Å². The molecule has 8 heteroatoms. The number of carbonyl (C=O) groups excluding carboxylic acids is 1. The quantitative estimate of drug-likeness (QED) is 0.762. The maximum atomic E-state index is 12.8. The lowest BCUT2D eigenvalue weighted by molar-refractivity contribution is 0.0756. The topological polar surface area (TPSA) is 82.9 Å². The van der Waals surface area contributed by atoms with Crippen LogP contribution in [0.4, 0.5) is 5.82 Å². The normalized spacial score (nSPS) is 15.6. The first-order valence-corrected chi connectivity index (χ1v) is 8.46. The molecule has 8 nitrogen and oxygen atoms in total. The van der Waals surface area contributed by atoms with Gasteiger partial charge in [0.15, 0.2) is 0 Å². The van der Waals surface area contributed by atoms with Crippen molar-refractivity contribution >= 4 is 22.8 Å². The van der Waals surface area contributed by atoms with E-state index in [1.165, 1.54) is 0 Å². The molecule has 25 heavy (non-hydrogen) atoms. The van der Waals surface area contributed by atoms with E-state index in [0.29, 0.717) is 12.2 Å². The molecule has 3 aromatic rings. The molecule has 1 N–H and O–H groups in total. The molecule has 0 saturated carbocycles. The number of hydrogen-bond donors (Lipinski definition) is 1. The summed E-state index contributed by atoms with van der Waals surface area (Å²) in [6.45, 7) is 4.92. The number of H-pyrrole nitrogens is 1. The number of fused-ring (bicyclic) bond motifs is 1. The third-order valence-electron chi connectivity index (χ3n) is 4.64. The summed E-state index contributed by atoms with van der Waals surface area (Å²) in [6.07, 6.45) is 4.36. The van der Waals surface area contributed by atoms with Crippen LogP contribution < -0.4 is 4.90 Å². The Morgan fingerprint density at radius 2 is 2.08 bits per heavy atom. The highest BCUT2D eigenvalue weighted by atomic mass is 16.2. The van der Waals surface area contributed by atoms with E-state index in [1.807, 2.05) is 37.2 Å². The Bertz CT molecular complexity index is 913. The zero-order chi connectivity index (χ0) is 17.4. The highest BCUT2D eigenvalue weighted by Gasteiger charge is 2.24. The maximum Gasteiger partial charge on any atom is 0.272 e. The average molecular weight is 339 g/mol. The van der Waals surface area contributed by atoms with E-state index in [0.717, 1.165) is 48.6 Å². The summed E-state index contributed by atoms with van der Waals surface area (Å²) in [4.78, 5) is 28.8. The number of anilines is 1. The van der Waals surface area contributed by atoms with E-state index in [2.05, 4.69) is 25.0 Å². The highest BCUT2D eigenvalue weighted by molar-refractivity contribution is 5.93. The monoisotopic (exact) mass is 339 g/mol. The minimum absolute atomic E-state index is 0.0411. The van der Waals surface area contributed by atoms with Crippen molar-refractivity contribution in [2.24, 2.45) is 7.05 Å². The molecule has 0 aromatic carbocycles. The van der Waals surface area contributed by atoms with Crippen LogP contribution in [-0.4, -0.2) is 61.7 Å². The largest absolute Gasteiger partial charge is 0.354 e. The number of aryl methyl sites for hydroxylation is 2. The average Bonchev–Trinajstić information content (AvgIpc) is 3.12. The van der Waals surface area contributed by atoms with Crippen molar-refractivity contribution in [1.29, 1.82) is 0 Å². The van der Waals surface area contributed by atoms with Gasteiger partial charge in [0.2, 0.25) is 0 Å². The van der Waals surface area contributed by atoms with Crippen LogP contribution in [0.3, 0.4) is 0 Å². The molecule has 1 saturated heterocycles. The summed E-state index contributed by atoms with van der Waals surface area (Å²) < 4.78 is 1.66. The summed E-state index contributed by atoms with van der Waals surface area (Å²) in [5.41, 5.74) is 2.34. The Balaban J connectivity index is 1.53. The number of carbonyl (C=O) groups is 1. The second-order valence-electron chi connectivity index (χ2n) is 6.36. The molecule has 0 spiro atoms. The molecule has 1 fully saturated rings. The van der Waals surface area contributed by atoms with Gasteiger partial charge < -0.3 is 14.8 Å². The summed E-state index contributed by atoms with van der Waals surface area (Å²) in [5.74, 6) is 0.969. The fraction of sp³-hybridized carbons (Fsp3) is 0.412. The molecule has 0 aliphatic carbocycles. The molecule has 0 unspecified atom stereocenters. The molecule has 1 aliphatic heterocycles. The second kappa shape index (κ2) is 6.19. The third-order valence-corrected chi connectivity index (χ3v) is 4.64. The zero-order valence-electron chi connectivity index (χ0n) is 14.4. The van der Waals surface area contributed by atoms with Gasteiger partial charge in [-0.1, -0.05) is 0 Å². The fourth-order valence-electron chi connectivity index (χ4n) is 3.42. The zero-order valence-corrected chi connectivity index (χ0v) is 14.4. The molecule has 0 atom stereocenters. The fourth-order valence-corrected chi connectivity index (χ4v) is 3.42. The van der Waals surface area contributed by atoms with Crippen molar-refractivity contribution in [3.8, 4) is 0 Å². The molecular weight excluding hydrogens is 318 g/mol. The van der Waals surface area contributed by atoms with E-state index in [4.69, 9.17) is 0 Å². The minimum atomic E-state index is 0.0411. The van der Waals surface area contributed by atoms with Crippen LogP contribution >= 0.6 is 0 Å². The Morgan fingerprint density at radius 3 is 2.88 bits per heavy atom. The predicted octanol–water partition coefficient (Wildman–Crippen LogP) is 1.35. The number of nitrogens with one attached hydrogen (secondary N) is 1. The van der Waals surface area contributed by atoms with Gasteiger partial charge in [-0.3, -0.25) is 9.48 Å². The number of amides is 1. The number of aromatic amines is 1. The molecule has 0 radical (unpaired) electrons. The van der Waals surface area contributed by atoms with Crippen LogP contribution in [0.25, 0.3) is 11.0 Å². The van der Waals surface area contributed by atoms with Gasteiger partial charge in [-0.05, 0) is 25.5 Å². The van der Waals surface area contributed by atoms with E-state index in [9.17, 15) is 4.79 Å². The van der Waals surface area contributed by atoms with E-state index >= 15 is 0 Å². The Morgan fingerprint density at radius 1 is 1.20 bits per heavy atom. The van der Waals surface area contributed by atoms with Gasteiger partial charge in [-0.2, -0.15) is 5.10 Å². The van der Waals surface area contributed by atoms with Crippen LogP contribution in [0.2, 0.25) is 0 Å². The SMILES string of the molecule is Cc1cc(C(=O)N2CCCN(c3ncnc4[nH]ccc34)CC2)n(C)n1. The first kappa shape index (κ1) is 15.6. The summed E-state index contributed by atoms with van der Waals surface area (Å²) in [5, 5.41) is 5.30. The second-order valence-corrected chi connectivity index (χ2v) is 6.36. The minimum Gasteiger partial charge on any atom is -0.354 e. The van der Waals surface area contributed by atoms with Crippen LogP contribution in [0, 0.1) is 6.92 Å². The van der Waals surface area contributed by atoms with Crippen LogP contribution in [0.5, 0.6) is 0 Å². The van der Waals surface area contributed by atoms with Crippen LogP contribution in [0.15, 0.2) is 24.7 Å². The van der Waals surface area contributed by atoms with E-state index in [1.54, 1.807) is 11.0 Å². The van der Waals surface area contributed by atoms with Crippen LogP contribution in [0.1, 0.15) is 22.6 Å². The maximum absolute atomic E-state index is 12.8. The molecule has 0 bridgehead atoms. The third kappa shape index (κ3) is 2.84. The van der Waals surface area contributed by atoms with Gasteiger partial charge in [0.05, 0.1) is 11.1 Å². The number of nitrogens with zero attached hydrogens (tertiary/aromatic N) is 6. The van der Waals surface area contributed by atoms with Gasteiger partial charge in [0.1, 0.15) is 23.5 Å². The van der Waals surface area contributed by atoms with Gasteiger partial charge in [-0.25, -0.2) is 9.97 Å². The lowest BCUT2D eigenvalue weighted by Gasteiger charge is -2.23. The molecule has 1 aliphatic rings. The van der Waals surface area contributed by atoms with Crippen molar-refractivity contribution in [3.05, 3.63) is 36.0 Å². The first-order valence-electron chi connectivity index (χ1n) is 8.46. The molecule has 1 amide bonds. The van der Waals surface area contributed by atoms with Crippen molar-refractivity contribution in [2.45, 2.75) is 13.3 Å². The predicted molar refractivity (Wildman–Crippen MR) is 94.6 cm³/mol. The van der Waals surface area contributed by atoms with Gasteiger partial charge in [-0.15, -0.1) is 0 Å². The summed E-state index contributed by atoms with van der Waals surface area (Å²) in [7, 11) is 1.81. The molecular formula is C17H21N7O. The lowest BCUT2D eigenvalue weighted by atomic mass is 10.3. The van der Waals surface area contributed by atoms with Gasteiger partial charge in [0, 0.05) is 39.4 Å². The Hall–Kier alpha value is -2.90. The van der Waals surface area contributed by atoms with Crippen molar-refractivity contribution in [2.75, 3.05) is 31.1 Å².